The first-order valence-corrected chi connectivity index (χ1v) is 8.54. The molecule has 0 heterocycles. The molecule has 0 aliphatic heterocycles. The summed E-state index contributed by atoms with van der Waals surface area (Å²) < 4.78 is 0. The third kappa shape index (κ3) is 3.13. The van der Waals surface area contributed by atoms with Crippen molar-refractivity contribution in [1.82, 2.24) is 10.2 Å². The topological polar surface area (TPSA) is 52.6 Å². The monoisotopic (exact) mass is 314 g/mol. The van der Waals surface area contributed by atoms with Crippen LogP contribution in [-0.2, 0) is 11.8 Å². The van der Waals surface area contributed by atoms with Crippen LogP contribution in [0.4, 0.5) is 4.79 Å². The summed E-state index contributed by atoms with van der Waals surface area (Å²) in [5.74, 6) is 0.535. The zero-order valence-electron chi connectivity index (χ0n) is 13.6. The zero-order chi connectivity index (χ0) is 16.3. The lowest BCUT2D eigenvalue weighted by molar-refractivity contribution is 0.183. The standard InChI is InChI=1S/C19H26N2O2/c1-2-10-21(11-12-22)18(23)20-14-16-13-19(16)9-5-7-15-6-3-4-8-17(15)19/h2-4,6,8,16,22H,1,5,7,9-14H2,(H,20,23). The molecule has 0 saturated heterocycles. The highest BCUT2D eigenvalue weighted by Crippen LogP contribution is 2.59. The van der Waals surface area contributed by atoms with Gasteiger partial charge >= 0.3 is 6.03 Å². The Morgan fingerprint density at radius 1 is 1.48 bits per heavy atom. The molecule has 1 aromatic carbocycles. The molecule has 0 bridgehead atoms. The van der Waals surface area contributed by atoms with E-state index in [9.17, 15) is 4.79 Å². The third-order valence-electron chi connectivity index (χ3n) is 5.36. The number of carbonyl (C=O) groups excluding carboxylic acids is 1. The van der Waals surface area contributed by atoms with Crippen LogP contribution in [0.25, 0.3) is 0 Å². The van der Waals surface area contributed by atoms with E-state index in [0.717, 1.165) is 0 Å². The molecule has 2 N–H and O–H groups in total. The number of fused-ring (bicyclic) bond motifs is 2. The summed E-state index contributed by atoms with van der Waals surface area (Å²) in [6, 6.07) is 8.67. The average molecular weight is 314 g/mol. The van der Waals surface area contributed by atoms with Gasteiger partial charge in [0, 0.05) is 25.0 Å². The first kappa shape index (κ1) is 16.1. The maximum Gasteiger partial charge on any atom is 0.317 e. The van der Waals surface area contributed by atoms with Gasteiger partial charge in [-0.3, -0.25) is 0 Å². The van der Waals surface area contributed by atoms with Crippen LogP contribution >= 0.6 is 0 Å². The molecule has 1 aromatic rings. The highest BCUT2D eigenvalue weighted by molar-refractivity contribution is 5.74. The van der Waals surface area contributed by atoms with Crippen LogP contribution in [0.2, 0.25) is 0 Å². The minimum absolute atomic E-state index is 0.0258. The summed E-state index contributed by atoms with van der Waals surface area (Å²) in [7, 11) is 0. The maximum atomic E-state index is 12.2. The quantitative estimate of drug-likeness (QED) is 0.793. The Bertz CT molecular complexity index is 586. The van der Waals surface area contributed by atoms with Crippen molar-refractivity contribution in [2.75, 3.05) is 26.2 Å². The van der Waals surface area contributed by atoms with E-state index < -0.39 is 0 Å². The smallest absolute Gasteiger partial charge is 0.317 e. The molecule has 3 rings (SSSR count). The lowest BCUT2D eigenvalue weighted by Crippen LogP contribution is -2.42. The Balaban J connectivity index is 1.60. The number of hydrogen-bond donors (Lipinski definition) is 2. The lowest BCUT2D eigenvalue weighted by atomic mass is 9.78. The number of amides is 2. The maximum absolute atomic E-state index is 12.2. The molecule has 0 radical (unpaired) electrons. The first-order valence-electron chi connectivity index (χ1n) is 8.54. The number of rotatable bonds is 6. The van der Waals surface area contributed by atoms with Crippen LogP contribution in [0.1, 0.15) is 30.4 Å². The molecule has 2 amide bonds. The van der Waals surface area contributed by atoms with Gasteiger partial charge in [-0.15, -0.1) is 6.58 Å². The number of aliphatic hydroxyl groups is 1. The predicted octanol–water partition coefficient (Wildman–Crippen LogP) is 2.47. The molecule has 4 heteroatoms. The lowest BCUT2D eigenvalue weighted by Gasteiger charge is -2.27. The molecule has 0 aromatic heterocycles. The van der Waals surface area contributed by atoms with Crippen molar-refractivity contribution in [2.24, 2.45) is 5.92 Å². The number of carbonyl (C=O) groups is 1. The van der Waals surface area contributed by atoms with Gasteiger partial charge in [0.2, 0.25) is 0 Å². The van der Waals surface area contributed by atoms with Crippen molar-refractivity contribution < 1.29 is 9.90 Å². The van der Waals surface area contributed by atoms with Gasteiger partial charge in [0.25, 0.3) is 0 Å². The van der Waals surface area contributed by atoms with E-state index in [1.807, 2.05) is 0 Å². The van der Waals surface area contributed by atoms with Crippen molar-refractivity contribution in [2.45, 2.75) is 31.1 Å². The summed E-state index contributed by atoms with van der Waals surface area (Å²) in [6.07, 6.45) is 6.52. The van der Waals surface area contributed by atoms with Gasteiger partial charge in [-0.25, -0.2) is 4.79 Å². The largest absolute Gasteiger partial charge is 0.395 e. The third-order valence-corrected chi connectivity index (χ3v) is 5.36. The van der Waals surface area contributed by atoms with E-state index in [1.165, 1.54) is 36.8 Å². The van der Waals surface area contributed by atoms with E-state index in [0.29, 0.717) is 31.0 Å². The Hall–Kier alpha value is -1.81. The average Bonchev–Trinajstić information content (AvgIpc) is 3.26. The van der Waals surface area contributed by atoms with Crippen molar-refractivity contribution in [3.8, 4) is 0 Å². The molecule has 23 heavy (non-hydrogen) atoms. The fourth-order valence-electron chi connectivity index (χ4n) is 4.11. The van der Waals surface area contributed by atoms with E-state index in [1.54, 1.807) is 11.0 Å². The molecule has 2 aliphatic rings. The number of aliphatic hydroxyl groups excluding tert-OH is 1. The fourth-order valence-corrected chi connectivity index (χ4v) is 4.11. The second-order valence-corrected chi connectivity index (χ2v) is 6.71. The SMILES string of the molecule is C=CCN(CCO)C(=O)NCC1CC12CCCc1ccccc12. The Kier molecular flexibility index (Phi) is 4.71. The first-order chi connectivity index (χ1) is 11.2. The fraction of sp³-hybridized carbons (Fsp3) is 0.526. The number of urea groups is 1. The van der Waals surface area contributed by atoms with Crippen molar-refractivity contribution in [3.63, 3.8) is 0 Å². The minimum Gasteiger partial charge on any atom is -0.395 e. The Labute approximate surface area is 138 Å². The van der Waals surface area contributed by atoms with E-state index in [-0.39, 0.29) is 12.6 Å². The van der Waals surface area contributed by atoms with E-state index in [4.69, 9.17) is 5.11 Å². The van der Waals surface area contributed by atoms with Gasteiger partial charge < -0.3 is 15.3 Å². The molecule has 2 aliphatic carbocycles. The summed E-state index contributed by atoms with van der Waals surface area (Å²) in [5, 5.41) is 12.1. The second kappa shape index (κ2) is 6.75. The van der Waals surface area contributed by atoms with Crippen LogP contribution < -0.4 is 5.32 Å². The molecular weight excluding hydrogens is 288 g/mol. The summed E-state index contributed by atoms with van der Waals surface area (Å²) in [4.78, 5) is 13.8. The highest BCUT2D eigenvalue weighted by Gasteiger charge is 2.56. The van der Waals surface area contributed by atoms with Gasteiger partial charge in [0.15, 0.2) is 0 Å². The van der Waals surface area contributed by atoms with Crippen LogP contribution in [0, 0.1) is 5.92 Å². The Morgan fingerprint density at radius 2 is 2.30 bits per heavy atom. The second-order valence-electron chi connectivity index (χ2n) is 6.71. The van der Waals surface area contributed by atoms with Crippen LogP contribution in [0.3, 0.4) is 0 Å². The number of aryl methyl sites for hydroxylation is 1. The summed E-state index contributed by atoms with van der Waals surface area (Å²) >= 11 is 0. The van der Waals surface area contributed by atoms with E-state index in [2.05, 4.69) is 36.2 Å². The molecule has 1 spiro atoms. The van der Waals surface area contributed by atoms with Crippen LogP contribution in [0.5, 0.6) is 0 Å². The Morgan fingerprint density at radius 3 is 3.09 bits per heavy atom. The number of nitrogens with zero attached hydrogens (tertiary/aromatic N) is 1. The van der Waals surface area contributed by atoms with Gasteiger partial charge in [-0.2, -0.15) is 0 Å². The molecule has 2 unspecified atom stereocenters. The summed E-state index contributed by atoms with van der Waals surface area (Å²) in [5.41, 5.74) is 3.28. The number of nitrogens with one attached hydrogen (secondary N) is 1. The van der Waals surface area contributed by atoms with Crippen molar-refractivity contribution in [3.05, 3.63) is 48.0 Å². The number of hydrogen-bond acceptors (Lipinski definition) is 2. The highest BCUT2D eigenvalue weighted by atomic mass is 16.3. The molecule has 124 valence electrons. The van der Waals surface area contributed by atoms with Gasteiger partial charge in [0.05, 0.1) is 6.61 Å². The molecule has 1 saturated carbocycles. The van der Waals surface area contributed by atoms with E-state index >= 15 is 0 Å². The van der Waals surface area contributed by atoms with Gasteiger partial charge in [-0.1, -0.05) is 30.3 Å². The molecule has 4 nitrogen and oxygen atoms in total. The minimum atomic E-state index is -0.106. The van der Waals surface area contributed by atoms with Crippen molar-refractivity contribution >= 4 is 6.03 Å². The zero-order valence-corrected chi connectivity index (χ0v) is 13.6. The predicted molar refractivity (Wildman–Crippen MR) is 91.4 cm³/mol. The van der Waals surface area contributed by atoms with Crippen LogP contribution in [0.15, 0.2) is 36.9 Å². The summed E-state index contributed by atoms with van der Waals surface area (Å²) in [6.45, 7) is 5.16. The van der Waals surface area contributed by atoms with Gasteiger partial charge in [0.1, 0.15) is 0 Å². The normalized spacial score (nSPS) is 24.8. The molecule has 1 fully saturated rings. The van der Waals surface area contributed by atoms with Crippen molar-refractivity contribution in [1.29, 1.82) is 0 Å². The molecule has 2 atom stereocenters. The molecular formula is C19H26N2O2. The number of benzene rings is 1. The van der Waals surface area contributed by atoms with Gasteiger partial charge in [-0.05, 0) is 42.7 Å². The van der Waals surface area contributed by atoms with Crippen LogP contribution in [-0.4, -0.2) is 42.3 Å².